The standard InChI is InChI=1S/C60H62ClN11O15/c1-32-9-8-12-38-45(73)22-43-55(54(32)38)35(23-61)30-70(43)87-47-21-40-39(20-46(47)85-4)58(83)71-37(24-63-40)18-34-13-14-36(19-42(34)71)68-59(84)60(2,3)86-31-67-49(75)27-65-56(81)41(17-33-10-6-5-7-11-33)69-50(76)28-64-48(74)26-66-57(82)44(25-62-29-53(79)80)72-51(77)15-16-52(72)78/h5-16,19-22,24,35,37,41,44,62,73H,17-18,23,25-31H2,1-4H3,(H,64,74)(H,65,81)(H,66,82)(H,67,75)(H,68,84)(H,69,76)(H,79,80)/t35-,37+,41+,44+/m1/s1. The van der Waals surface area contributed by atoms with E-state index in [2.05, 4.69) is 37.2 Å². The highest BCUT2D eigenvalue weighted by Crippen LogP contribution is 2.48. The van der Waals surface area contributed by atoms with Gasteiger partial charge in [0.05, 0.1) is 68.5 Å². The summed E-state index contributed by atoms with van der Waals surface area (Å²) in [5, 5.41) is 40.7. The summed E-state index contributed by atoms with van der Waals surface area (Å²) in [6, 6.07) is 21.2. The Morgan fingerprint density at radius 2 is 1.52 bits per heavy atom. The number of carboxylic acid groups (broad SMARTS) is 1. The molecule has 0 saturated heterocycles. The van der Waals surface area contributed by atoms with E-state index >= 15 is 0 Å². The lowest BCUT2D eigenvalue weighted by atomic mass is 9.92. The number of imide groups is 1. The molecule has 0 aliphatic carbocycles. The predicted octanol–water partition coefficient (Wildman–Crippen LogP) is 2.14. The third-order valence-electron chi connectivity index (χ3n) is 14.9. The summed E-state index contributed by atoms with van der Waals surface area (Å²) in [4.78, 5) is 143. The highest BCUT2D eigenvalue weighted by atomic mass is 35.5. The van der Waals surface area contributed by atoms with Crippen molar-refractivity contribution in [3.8, 4) is 17.2 Å². The number of anilines is 3. The van der Waals surface area contributed by atoms with Crippen molar-refractivity contribution in [2.45, 2.75) is 63.3 Å². The number of nitrogens with one attached hydrogen (secondary N) is 7. The Hall–Kier alpha value is -9.92. The average molecular weight is 1210 g/mol. The van der Waals surface area contributed by atoms with Crippen LogP contribution in [0.3, 0.4) is 0 Å². The maximum atomic E-state index is 14.6. The number of carbonyl (C=O) groups excluding carboxylic acids is 9. The Bertz CT molecular complexity index is 3650. The van der Waals surface area contributed by atoms with Crippen molar-refractivity contribution in [1.29, 1.82) is 0 Å². The van der Waals surface area contributed by atoms with Crippen molar-refractivity contribution in [2.24, 2.45) is 4.99 Å². The van der Waals surface area contributed by atoms with E-state index in [1.165, 1.54) is 21.0 Å². The van der Waals surface area contributed by atoms with E-state index in [9.17, 15) is 53.1 Å². The number of benzene rings is 5. The van der Waals surface area contributed by atoms with Crippen LogP contribution in [-0.2, 0) is 60.7 Å². The second kappa shape index (κ2) is 26.6. The lowest BCUT2D eigenvalue weighted by molar-refractivity contribution is -0.145. The Kier molecular flexibility index (Phi) is 18.8. The number of nitrogens with zero attached hydrogens (tertiary/aromatic N) is 4. The number of aryl methyl sites for hydroxylation is 1. The molecule has 27 heteroatoms. The summed E-state index contributed by atoms with van der Waals surface area (Å²) in [6.07, 6.45) is 3.98. The molecule has 0 spiro atoms. The molecule has 454 valence electrons. The van der Waals surface area contributed by atoms with Crippen LogP contribution in [0.5, 0.6) is 17.2 Å². The number of phenolic OH excluding ortho intramolecular Hbond substituents is 1. The van der Waals surface area contributed by atoms with Gasteiger partial charge in [-0.25, -0.2) is 5.06 Å². The van der Waals surface area contributed by atoms with Crippen molar-refractivity contribution in [2.75, 3.05) is 74.3 Å². The van der Waals surface area contributed by atoms with E-state index in [1.54, 1.807) is 82.9 Å². The molecule has 87 heavy (non-hydrogen) atoms. The Morgan fingerprint density at radius 1 is 0.805 bits per heavy atom. The van der Waals surface area contributed by atoms with Gasteiger partial charge in [-0.1, -0.05) is 54.6 Å². The Labute approximate surface area is 502 Å². The van der Waals surface area contributed by atoms with Crippen LogP contribution in [-0.4, -0.2) is 163 Å². The minimum absolute atomic E-state index is 0.0254. The Morgan fingerprint density at radius 3 is 2.23 bits per heavy atom. The lowest BCUT2D eigenvalue weighted by Crippen LogP contribution is -2.56. The van der Waals surface area contributed by atoms with Crippen LogP contribution >= 0.6 is 11.6 Å². The number of halogens is 1. The minimum atomic E-state index is -1.53. The van der Waals surface area contributed by atoms with Gasteiger partial charge in [-0.05, 0) is 66.6 Å². The third kappa shape index (κ3) is 13.9. The van der Waals surface area contributed by atoms with Crippen LogP contribution in [0.25, 0.3) is 10.8 Å². The van der Waals surface area contributed by atoms with Crippen LogP contribution < -0.4 is 56.8 Å². The van der Waals surface area contributed by atoms with Gasteiger partial charge in [0, 0.05) is 72.8 Å². The highest BCUT2D eigenvalue weighted by molar-refractivity contribution is 6.19. The van der Waals surface area contributed by atoms with E-state index in [-0.39, 0.29) is 41.1 Å². The predicted molar refractivity (Wildman–Crippen MR) is 317 cm³/mol. The smallest absolute Gasteiger partial charge is 0.317 e. The van der Waals surface area contributed by atoms with Gasteiger partial charge in [0.2, 0.25) is 29.5 Å². The van der Waals surface area contributed by atoms with E-state index < -0.39 is 116 Å². The molecule has 0 bridgehead atoms. The minimum Gasteiger partial charge on any atom is -0.507 e. The molecular formula is C60H62ClN11O15. The maximum Gasteiger partial charge on any atom is 0.317 e. The van der Waals surface area contributed by atoms with Gasteiger partial charge in [-0.3, -0.25) is 62.7 Å². The molecule has 4 atom stereocenters. The quantitative estimate of drug-likeness (QED) is 0.0230. The molecule has 0 saturated carbocycles. The summed E-state index contributed by atoms with van der Waals surface area (Å²) in [6.45, 7) is 1.91. The molecule has 0 aromatic heterocycles. The number of methoxy groups -OCH3 is 1. The van der Waals surface area contributed by atoms with E-state index in [0.29, 0.717) is 57.4 Å². The first-order chi connectivity index (χ1) is 41.6. The molecule has 5 aromatic rings. The summed E-state index contributed by atoms with van der Waals surface area (Å²) >= 11 is 6.53. The van der Waals surface area contributed by atoms with Crippen molar-refractivity contribution < 1.29 is 72.5 Å². The third-order valence-corrected chi connectivity index (χ3v) is 15.2. The van der Waals surface area contributed by atoms with Gasteiger partial charge in [0.25, 0.3) is 23.6 Å². The number of rotatable bonds is 25. The largest absolute Gasteiger partial charge is 0.507 e. The average Bonchev–Trinajstić information content (AvgIpc) is 1.69. The molecule has 4 heterocycles. The number of aliphatic carboxylic acids is 1. The number of amides is 9. The molecule has 4 aliphatic heterocycles. The maximum absolute atomic E-state index is 14.6. The van der Waals surface area contributed by atoms with Gasteiger partial charge in [0.15, 0.2) is 11.5 Å². The van der Waals surface area contributed by atoms with Crippen LogP contribution in [0.4, 0.5) is 22.7 Å². The lowest BCUT2D eigenvalue weighted by Gasteiger charge is -2.25. The van der Waals surface area contributed by atoms with Gasteiger partial charge < -0.3 is 61.7 Å². The number of aromatic hydroxyl groups is 1. The molecule has 9 N–H and O–H groups in total. The number of alkyl halides is 1. The number of hydrogen-bond donors (Lipinski definition) is 9. The van der Waals surface area contributed by atoms with Crippen molar-refractivity contribution >= 4 is 110 Å². The number of hydroxylamine groups is 1. The summed E-state index contributed by atoms with van der Waals surface area (Å²) in [5.74, 6) is -7.15. The van der Waals surface area contributed by atoms with Crippen molar-refractivity contribution in [1.82, 2.24) is 36.8 Å². The number of carbonyl (C=O) groups is 10. The highest BCUT2D eigenvalue weighted by Gasteiger charge is 2.40. The molecule has 4 aliphatic rings. The zero-order valence-electron chi connectivity index (χ0n) is 47.6. The van der Waals surface area contributed by atoms with Crippen molar-refractivity contribution in [3.63, 3.8) is 0 Å². The SMILES string of the molecule is COc1cc2c(cc1ON1C[C@@H](CCl)c3c1cc(O)c1cccc(C)c31)N=C[C@@H]1Cc3ccc(NC(=O)C(C)(C)OCNC(=O)CNC(=O)[C@H](Cc4ccccc4)NC(=O)CNC(=O)CNC(=O)[C@H](CNCC(=O)O)N4C(=O)C=CC4=O)cc3N1C2=O. The van der Waals surface area contributed by atoms with E-state index in [4.69, 9.17) is 36.0 Å². The summed E-state index contributed by atoms with van der Waals surface area (Å²) in [7, 11) is 1.46. The first kappa shape index (κ1) is 61.6. The van der Waals surface area contributed by atoms with Crippen LogP contribution in [0, 0.1) is 6.92 Å². The van der Waals surface area contributed by atoms with Crippen LogP contribution in [0.2, 0.25) is 0 Å². The zero-order valence-corrected chi connectivity index (χ0v) is 48.3. The molecule has 0 unspecified atom stereocenters. The molecule has 0 fully saturated rings. The van der Waals surface area contributed by atoms with Gasteiger partial charge in [-0.2, -0.15) is 0 Å². The number of fused-ring (bicyclic) bond motifs is 7. The number of aliphatic imine (C=N–C) groups is 1. The molecular weight excluding hydrogens is 1150 g/mol. The topological polar surface area (TPSA) is 345 Å². The van der Waals surface area contributed by atoms with Crippen molar-refractivity contribution in [3.05, 3.63) is 125 Å². The molecule has 5 aromatic carbocycles. The normalized spacial score (nSPS) is 16.2. The fraction of sp³-hybridized carbons (Fsp3) is 0.317. The number of ether oxygens (including phenoxy) is 2. The summed E-state index contributed by atoms with van der Waals surface area (Å²) in [5.41, 5.74) is 4.02. The molecule has 9 rings (SSSR count). The number of hydrogen-bond acceptors (Lipinski definition) is 17. The first-order valence-corrected chi connectivity index (χ1v) is 28.0. The summed E-state index contributed by atoms with van der Waals surface area (Å²) < 4.78 is 11.6. The Balaban J connectivity index is 0.759. The van der Waals surface area contributed by atoms with Crippen LogP contribution in [0.1, 0.15) is 52.4 Å². The van der Waals surface area contributed by atoms with E-state index in [0.717, 1.165) is 34.2 Å². The van der Waals surface area contributed by atoms with Gasteiger partial charge in [-0.15, -0.1) is 11.6 Å². The second-order valence-corrected chi connectivity index (χ2v) is 21.5. The fourth-order valence-corrected chi connectivity index (χ4v) is 10.7. The number of carboxylic acids is 1. The molecule has 26 nitrogen and oxygen atoms in total. The van der Waals surface area contributed by atoms with E-state index in [1.807, 2.05) is 25.1 Å². The number of phenols is 1. The second-order valence-electron chi connectivity index (χ2n) is 21.2. The monoisotopic (exact) mass is 1210 g/mol. The first-order valence-electron chi connectivity index (χ1n) is 27.5. The molecule has 9 amide bonds. The van der Waals surface area contributed by atoms with Gasteiger partial charge in [0.1, 0.15) is 30.2 Å². The zero-order chi connectivity index (χ0) is 62.3. The van der Waals surface area contributed by atoms with Gasteiger partial charge >= 0.3 is 5.97 Å². The fourth-order valence-electron chi connectivity index (χ4n) is 10.4. The van der Waals surface area contributed by atoms with Crippen LogP contribution in [0.15, 0.2) is 102 Å². The molecule has 0 radical (unpaired) electrons.